The molecule has 1 aromatic carbocycles. The first-order valence-corrected chi connectivity index (χ1v) is 6.99. The van der Waals surface area contributed by atoms with Crippen molar-refractivity contribution in [1.82, 2.24) is 10.2 Å². The minimum Gasteiger partial charge on any atom is -0.387 e. The van der Waals surface area contributed by atoms with Crippen LogP contribution < -0.4 is 0 Å². The van der Waals surface area contributed by atoms with Crippen LogP contribution in [0.4, 0.5) is 0 Å². The van der Waals surface area contributed by atoms with Gasteiger partial charge in [0.2, 0.25) is 0 Å². The standard InChI is InChI=1S/C12H5Cl2N5OS/c13-9-2-1-7(3-10(9)14)12-18-17-11(21-12)6-20-19-8(4-15)5-16/h1-3H,6H2. The maximum absolute atomic E-state index is 8.49. The van der Waals surface area contributed by atoms with Gasteiger partial charge in [0.15, 0.2) is 11.6 Å². The Morgan fingerprint density at radius 3 is 2.67 bits per heavy atom. The zero-order valence-electron chi connectivity index (χ0n) is 10.2. The van der Waals surface area contributed by atoms with Crippen molar-refractivity contribution in [3.8, 4) is 22.7 Å². The smallest absolute Gasteiger partial charge is 0.256 e. The van der Waals surface area contributed by atoms with E-state index in [4.69, 9.17) is 38.6 Å². The summed E-state index contributed by atoms with van der Waals surface area (Å²) >= 11 is 13.1. The van der Waals surface area contributed by atoms with Gasteiger partial charge in [0.05, 0.1) is 10.0 Å². The lowest BCUT2D eigenvalue weighted by molar-refractivity contribution is 0.130. The van der Waals surface area contributed by atoms with Crippen LogP contribution in [0.2, 0.25) is 10.0 Å². The van der Waals surface area contributed by atoms with Gasteiger partial charge in [-0.25, -0.2) is 0 Å². The predicted octanol–water partition coefficient (Wildman–Crippen LogP) is 3.43. The van der Waals surface area contributed by atoms with Crippen LogP contribution in [0.3, 0.4) is 0 Å². The Balaban J connectivity index is 2.08. The lowest BCUT2D eigenvalue weighted by Gasteiger charge is -1.98. The summed E-state index contributed by atoms with van der Waals surface area (Å²) in [5.74, 6) is 0. The van der Waals surface area contributed by atoms with Crippen LogP contribution >= 0.6 is 34.5 Å². The lowest BCUT2D eigenvalue weighted by Crippen LogP contribution is -1.92. The van der Waals surface area contributed by atoms with E-state index in [1.165, 1.54) is 11.3 Å². The summed E-state index contributed by atoms with van der Waals surface area (Å²) in [5, 5.41) is 30.4. The topological polar surface area (TPSA) is 95.0 Å². The van der Waals surface area contributed by atoms with Crippen LogP contribution in [-0.4, -0.2) is 15.9 Å². The molecule has 0 saturated carbocycles. The van der Waals surface area contributed by atoms with E-state index in [1.807, 2.05) is 0 Å². The molecule has 6 nitrogen and oxygen atoms in total. The van der Waals surface area contributed by atoms with Crippen LogP contribution in [0.5, 0.6) is 0 Å². The number of nitrogens with zero attached hydrogens (tertiary/aromatic N) is 5. The third-order valence-electron chi connectivity index (χ3n) is 2.19. The van der Waals surface area contributed by atoms with E-state index in [0.29, 0.717) is 20.1 Å². The van der Waals surface area contributed by atoms with E-state index in [0.717, 1.165) is 5.56 Å². The third-order valence-corrected chi connectivity index (χ3v) is 3.87. The normalized spacial score (nSPS) is 9.52. The monoisotopic (exact) mass is 337 g/mol. The van der Waals surface area contributed by atoms with E-state index in [1.54, 1.807) is 30.3 Å². The largest absolute Gasteiger partial charge is 0.387 e. The number of rotatable bonds is 4. The Morgan fingerprint density at radius 1 is 1.24 bits per heavy atom. The number of oxime groups is 1. The fourth-order valence-corrected chi connectivity index (χ4v) is 2.32. The molecule has 0 saturated heterocycles. The fourth-order valence-electron chi connectivity index (χ4n) is 1.28. The third kappa shape index (κ3) is 3.89. The van der Waals surface area contributed by atoms with Crippen molar-refractivity contribution in [1.29, 1.82) is 10.5 Å². The zero-order valence-corrected chi connectivity index (χ0v) is 12.6. The van der Waals surface area contributed by atoms with Crippen molar-refractivity contribution >= 4 is 40.3 Å². The van der Waals surface area contributed by atoms with Crippen LogP contribution in [0.25, 0.3) is 10.6 Å². The van der Waals surface area contributed by atoms with Crippen LogP contribution in [-0.2, 0) is 11.4 Å². The molecule has 104 valence electrons. The average Bonchev–Trinajstić information content (AvgIpc) is 2.95. The maximum atomic E-state index is 8.49. The fraction of sp³-hybridized carbons (Fsp3) is 0.0833. The molecule has 9 heteroatoms. The van der Waals surface area contributed by atoms with Crippen molar-refractivity contribution in [2.24, 2.45) is 5.16 Å². The number of benzene rings is 1. The zero-order chi connectivity index (χ0) is 15.2. The Morgan fingerprint density at radius 2 is 2.00 bits per heavy atom. The number of aromatic nitrogens is 2. The first-order valence-electron chi connectivity index (χ1n) is 5.42. The molecule has 0 N–H and O–H groups in total. The molecule has 0 fully saturated rings. The molecule has 0 aliphatic rings. The molecule has 0 bridgehead atoms. The predicted molar refractivity (Wildman–Crippen MR) is 78.8 cm³/mol. The van der Waals surface area contributed by atoms with Gasteiger partial charge in [-0.3, -0.25) is 0 Å². The van der Waals surface area contributed by atoms with Crippen molar-refractivity contribution < 1.29 is 4.84 Å². The average molecular weight is 338 g/mol. The Bertz CT molecular complexity index is 759. The first kappa shape index (κ1) is 15.2. The van der Waals surface area contributed by atoms with Gasteiger partial charge in [0, 0.05) is 5.56 Å². The van der Waals surface area contributed by atoms with Crippen molar-refractivity contribution in [2.75, 3.05) is 0 Å². The molecule has 0 unspecified atom stereocenters. The van der Waals surface area contributed by atoms with Crippen LogP contribution in [0, 0.1) is 22.7 Å². The molecule has 0 atom stereocenters. The molecule has 2 rings (SSSR count). The molecule has 0 amide bonds. The summed E-state index contributed by atoms with van der Waals surface area (Å²) < 4.78 is 0. The summed E-state index contributed by atoms with van der Waals surface area (Å²) in [4.78, 5) is 4.86. The van der Waals surface area contributed by atoms with Gasteiger partial charge in [-0.2, -0.15) is 10.5 Å². The molecule has 21 heavy (non-hydrogen) atoms. The van der Waals surface area contributed by atoms with Crippen LogP contribution in [0.1, 0.15) is 5.01 Å². The highest BCUT2D eigenvalue weighted by molar-refractivity contribution is 7.14. The van der Waals surface area contributed by atoms with Gasteiger partial charge in [-0.05, 0) is 12.1 Å². The lowest BCUT2D eigenvalue weighted by atomic mass is 10.2. The van der Waals surface area contributed by atoms with Crippen LogP contribution in [0.15, 0.2) is 23.4 Å². The first-order chi connectivity index (χ1) is 10.1. The van der Waals surface area contributed by atoms with Gasteiger partial charge in [-0.1, -0.05) is 45.8 Å². The minimum atomic E-state index is -0.357. The molecular weight excluding hydrogens is 333 g/mol. The summed E-state index contributed by atoms with van der Waals surface area (Å²) in [6.45, 7) is 0.0197. The molecular formula is C12H5Cl2N5OS. The Labute approximate surface area is 133 Å². The summed E-state index contributed by atoms with van der Waals surface area (Å²) in [5.41, 5.74) is 0.426. The van der Waals surface area contributed by atoms with E-state index in [9.17, 15) is 0 Å². The quantitative estimate of drug-likeness (QED) is 0.629. The Hall–Kier alpha value is -2.19. The van der Waals surface area contributed by atoms with Gasteiger partial charge >= 0.3 is 0 Å². The second-order valence-electron chi connectivity index (χ2n) is 3.57. The van der Waals surface area contributed by atoms with Gasteiger partial charge < -0.3 is 4.84 Å². The maximum Gasteiger partial charge on any atom is 0.256 e. The number of halogens is 2. The highest BCUT2D eigenvalue weighted by atomic mass is 35.5. The minimum absolute atomic E-state index is 0.0197. The number of hydrogen-bond acceptors (Lipinski definition) is 7. The van der Waals surface area contributed by atoms with E-state index >= 15 is 0 Å². The van der Waals surface area contributed by atoms with Crippen molar-refractivity contribution in [3.05, 3.63) is 33.3 Å². The van der Waals surface area contributed by atoms with E-state index < -0.39 is 0 Å². The van der Waals surface area contributed by atoms with Gasteiger partial charge in [-0.15, -0.1) is 10.2 Å². The molecule has 2 aromatic rings. The SMILES string of the molecule is N#CC(C#N)=NOCc1nnc(-c2ccc(Cl)c(Cl)c2)s1. The highest BCUT2D eigenvalue weighted by Gasteiger charge is 2.09. The second kappa shape index (κ2) is 7.00. The molecule has 0 spiro atoms. The van der Waals surface area contributed by atoms with E-state index in [2.05, 4.69) is 15.4 Å². The van der Waals surface area contributed by atoms with Crippen molar-refractivity contribution in [2.45, 2.75) is 6.61 Å². The van der Waals surface area contributed by atoms with Gasteiger partial charge in [0.25, 0.3) is 5.71 Å². The summed E-state index contributed by atoms with van der Waals surface area (Å²) in [6, 6.07) is 8.31. The molecule has 1 aromatic heterocycles. The second-order valence-corrected chi connectivity index (χ2v) is 5.44. The molecule has 1 heterocycles. The number of hydrogen-bond donors (Lipinski definition) is 0. The van der Waals surface area contributed by atoms with Gasteiger partial charge in [0.1, 0.15) is 17.1 Å². The summed E-state index contributed by atoms with van der Waals surface area (Å²) in [7, 11) is 0. The van der Waals surface area contributed by atoms with Crippen molar-refractivity contribution in [3.63, 3.8) is 0 Å². The number of nitriles is 2. The van der Waals surface area contributed by atoms with E-state index in [-0.39, 0.29) is 12.3 Å². The highest BCUT2D eigenvalue weighted by Crippen LogP contribution is 2.30. The molecule has 0 aliphatic carbocycles. The Kier molecular flexibility index (Phi) is 5.07. The summed E-state index contributed by atoms with van der Waals surface area (Å²) in [6.07, 6.45) is 0. The molecule has 0 aliphatic heterocycles. The molecule has 0 radical (unpaired) electrons.